The lowest BCUT2D eigenvalue weighted by molar-refractivity contribution is 0.0671. The summed E-state index contributed by atoms with van der Waals surface area (Å²) in [7, 11) is 0. The van der Waals surface area contributed by atoms with Crippen molar-refractivity contribution < 1.29 is 9.90 Å². The molecule has 2 atom stereocenters. The largest absolute Gasteiger partial charge is 0.388 e. The van der Waals surface area contributed by atoms with Gasteiger partial charge in [0.2, 0.25) is 0 Å². The normalized spacial score (nSPS) is 19.1. The van der Waals surface area contributed by atoms with Crippen LogP contribution in [0.2, 0.25) is 0 Å². The molecule has 122 valence electrons. The molecule has 0 bridgehead atoms. The first-order chi connectivity index (χ1) is 11.1. The lowest BCUT2D eigenvalue weighted by atomic mass is 10.0. The van der Waals surface area contributed by atoms with Crippen LogP contribution in [0.15, 0.2) is 36.4 Å². The molecular formula is C19H23NO2S. The SMILES string of the molecule is Cc1cc(C(=O)N2CCCC2CC(O)c2ccccc2)sc1C. The molecule has 2 heterocycles. The maximum Gasteiger partial charge on any atom is 0.264 e. The summed E-state index contributed by atoms with van der Waals surface area (Å²) in [6.45, 7) is 4.89. The minimum absolute atomic E-state index is 0.119. The van der Waals surface area contributed by atoms with Crippen LogP contribution >= 0.6 is 11.3 Å². The molecule has 1 aromatic heterocycles. The van der Waals surface area contributed by atoms with Crippen molar-refractivity contribution in [3.05, 3.63) is 57.3 Å². The van der Waals surface area contributed by atoms with Crippen LogP contribution in [-0.4, -0.2) is 28.5 Å². The van der Waals surface area contributed by atoms with E-state index < -0.39 is 6.10 Å². The Morgan fingerprint density at radius 3 is 2.74 bits per heavy atom. The third kappa shape index (κ3) is 3.48. The first-order valence-corrected chi connectivity index (χ1v) is 8.99. The fourth-order valence-corrected chi connectivity index (χ4v) is 4.23. The second kappa shape index (κ2) is 6.85. The number of aryl methyl sites for hydroxylation is 2. The van der Waals surface area contributed by atoms with Crippen molar-refractivity contribution in [2.75, 3.05) is 6.54 Å². The Bertz CT molecular complexity index is 660. The molecule has 1 amide bonds. The van der Waals surface area contributed by atoms with E-state index in [1.165, 1.54) is 10.4 Å². The fraction of sp³-hybridized carbons (Fsp3) is 0.421. The minimum Gasteiger partial charge on any atom is -0.388 e. The lowest BCUT2D eigenvalue weighted by Gasteiger charge is -2.26. The number of carbonyl (C=O) groups is 1. The van der Waals surface area contributed by atoms with Crippen LogP contribution < -0.4 is 0 Å². The predicted octanol–water partition coefficient (Wildman–Crippen LogP) is 4.09. The van der Waals surface area contributed by atoms with Gasteiger partial charge < -0.3 is 10.0 Å². The monoisotopic (exact) mass is 329 g/mol. The highest BCUT2D eigenvalue weighted by Crippen LogP contribution is 2.30. The molecular weight excluding hydrogens is 306 g/mol. The molecule has 3 rings (SSSR count). The zero-order valence-electron chi connectivity index (χ0n) is 13.7. The van der Waals surface area contributed by atoms with E-state index in [1.807, 2.05) is 48.2 Å². The highest BCUT2D eigenvalue weighted by Gasteiger charge is 2.32. The summed E-state index contributed by atoms with van der Waals surface area (Å²) in [5, 5.41) is 10.5. The molecule has 1 saturated heterocycles. The number of carbonyl (C=O) groups excluding carboxylic acids is 1. The van der Waals surface area contributed by atoms with Crippen LogP contribution in [0.3, 0.4) is 0 Å². The van der Waals surface area contributed by atoms with E-state index in [-0.39, 0.29) is 11.9 Å². The highest BCUT2D eigenvalue weighted by molar-refractivity contribution is 7.14. The number of hydrogen-bond acceptors (Lipinski definition) is 3. The van der Waals surface area contributed by atoms with Crippen LogP contribution in [0.5, 0.6) is 0 Å². The number of thiophene rings is 1. The second-order valence-corrected chi connectivity index (χ2v) is 7.56. The Morgan fingerprint density at radius 1 is 1.35 bits per heavy atom. The number of aliphatic hydroxyl groups excluding tert-OH is 1. The number of amides is 1. The Labute approximate surface area is 141 Å². The maximum absolute atomic E-state index is 12.8. The third-order valence-electron chi connectivity index (χ3n) is 4.69. The quantitative estimate of drug-likeness (QED) is 0.917. The number of benzene rings is 1. The van der Waals surface area contributed by atoms with E-state index in [4.69, 9.17) is 0 Å². The summed E-state index contributed by atoms with van der Waals surface area (Å²) < 4.78 is 0. The average molecular weight is 329 g/mol. The maximum atomic E-state index is 12.8. The van der Waals surface area contributed by atoms with Gasteiger partial charge in [-0.3, -0.25) is 4.79 Å². The molecule has 1 aliphatic rings. The predicted molar refractivity (Wildman–Crippen MR) is 93.9 cm³/mol. The van der Waals surface area contributed by atoms with Crippen molar-refractivity contribution in [2.45, 2.75) is 45.3 Å². The molecule has 2 aromatic rings. The molecule has 2 unspecified atom stereocenters. The number of aliphatic hydroxyl groups is 1. The van der Waals surface area contributed by atoms with E-state index in [2.05, 4.69) is 6.92 Å². The van der Waals surface area contributed by atoms with Gasteiger partial charge in [0.15, 0.2) is 0 Å². The van der Waals surface area contributed by atoms with Gasteiger partial charge in [0, 0.05) is 17.5 Å². The molecule has 1 aliphatic heterocycles. The van der Waals surface area contributed by atoms with Crippen LogP contribution in [0.25, 0.3) is 0 Å². The standard InChI is InChI=1S/C19H23NO2S/c1-13-11-18(23-14(13)2)19(22)20-10-6-9-16(20)12-17(21)15-7-4-3-5-8-15/h3-5,7-8,11,16-17,21H,6,9-10,12H2,1-2H3. The fourth-order valence-electron chi connectivity index (χ4n) is 3.24. The molecule has 23 heavy (non-hydrogen) atoms. The molecule has 1 N–H and O–H groups in total. The van der Waals surface area contributed by atoms with Crippen molar-refractivity contribution in [2.24, 2.45) is 0 Å². The van der Waals surface area contributed by atoms with Crippen molar-refractivity contribution in [1.82, 2.24) is 4.90 Å². The van der Waals surface area contributed by atoms with Gasteiger partial charge in [-0.2, -0.15) is 0 Å². The first kappa shape index (κ1) is 16.2. The van der Waals surface area contributed by atoms with Gasteiger partial charge in [-0.1, -0.05) is 30.3 Å². The van der Waals surface area contributed by atoms with E-state index in [1.54, 1.807) is 11.3 Å². The molecule has 1 fully saturated rings. The number of hydrogen-bond donors (Lipinski definition) is 1. The van der Waals surface area contributed by atoms with Gasteiger partial charge in [0.25, 0.3) is 5.91 Å². The summed E-state index contributed by atoms with van der Waals surface area (Å²) >= 11 is 1.57. The molecule has 1 aromatic carbocycles. The molecule has 4 heteroatoms. The number of nitrogens with zero attached hydrogens (tertiary/aromatic N) is 1. The zero-order valence-corrected chi connectivity index (χ0v) is 14.5. The van der Waals surface area contributed by atoms with E-state index >= 15 is 0 Å². The van der Waals surface area contributed by atoms with Crippen molar-refractivity contribution in [3.8, 4) is 0 Å². The zero-order chi connectivity index (χ0) is 16.4. The smallest absolute Gasteiger partial charge is 0.264 e. The molecule has 3 nitrogen and oxygen atoms in total. The molecule has 0 radical (unpaired) electrons. The van der Waals surface area contributed by atoms with Crippen molar-refractivity contribution >= 4 is 17.2 Å². The summed E-state index contributed by atoms with van der Waals surface area (Å²) in [5.74, 6) is 0.119. The Morgan fingerprint density at radius 2 is 2.09 bits per heavy atom. The highest BCUT2D eigenvalue weighted by atomic mass is 32.1. The summed E-state index contributed by atoms with van der Waals surface area (Å²) in [6, 6.07) is 11.8. The number of rotatable bonds is 4. The van der Waals surface area contributed by atoms with Gasteiger partial charge in [0.05, 0.1) is 11.0 Å². The lowest BCUT2D eigenvalue weighted by Crippen LogP contribution is -2.36. The van der Waals surface area contributed by atoms with Gasteiger partial charge in [-0.15, -0.1) is 11.3 Å². The van der Waals surface area contributed by atoms with Gasteiger partial charge in [0.1, 0.15) is 0 Å². The van der Waals surface area contributed by atoms with Gasteiger partial charge >= 0.3 is 0 Å². The first-order valence-electron chi connectivity index (χ1n) is 8.17. The van der Waals surface area contributed by atoms with Gasteiger partial charge in [-0.05, 0) is 50.3 Å². The van der Waals surface area contributed by atoms with Crippen LogP contribution in [0.4, 0.5) is 0 Å². The topological polar surface area (TPSA) is 40.5 Å². The Kier molecular flexibility index (Phi) is 4.83. The molecule has 0 spiro atoms. The van der Waals surface area contributed by atoms with E-state index in [9.17, 15) is 9.90 Å². The van der Waals surface area contributed by atoms with E-state index in [0.717, 1.165) is 29.8 Å². The summed E-state index contributed by atoms with van der Waals surface area (Å²) in [6.07, 6.45) is 2.08. The average Bonchev–Trinajstić information content (AvgIpc) is 3.15. The second-order valence-electron chi connectivity index (χ2n) is 6.31. The summed E-state index contributed by atoms with van der Waals surface area (Å²) in [4.78, 5) is 16.8. The van der Waals surface area contributed by atoms with Crippen LogP contribution in [0.1, 0.15) is 51.0 Å². The van der Waals surface area contributed by atoms with E-state index in [0.29, 0.717) is 6.42 Å². The van der Waals surface area contributed by atoms with Crippen molar-refractivity contribution in [3.63, 3.8) is 0 Å². The summed E-state index contributed by atoms with van der Waals surface area (Å²) in [5.41, 5.74) is 2.10. The van der Waals surface area contributed by atoms with Gasteiger partial charge in [-0.25, -0.2) is 0 Å². The third-order valence-corrected chi connectivity index (χ3v) is 5.83. The number of likely N-dealkylation sites (tertiary alicyclic amines) is 1. The Hall–Kier alpha value is -1.65. The minimum atomic E-state index is -0.513. The van der Waals surface area contributed by atoms with Crippen LogP contribution in [0, 0.1) is 13.8 Å². The Balaban J connectivity index is 1.71. The molecule has 0 aliphatic carbocycles. The van der Waals surface area contributed by atoms with Crippen molar-refractivity contribution in [1.29, 1.82) is 0 Å². The van der Waals surface area contributed by atoms with Crippen LogP contribution in [-0.2, 0) is 0 Å². The molecule has 0 saturated carbocycles.